The molecule has 0 saturated heterocycles. The second-order valence-electron chi connectivity index (χ2n) is 4.89. The number of nitrogens with zero attached hydrogens (tertiary/aromatic N) is 1. The molecular formula is C15H20Br2N2O. The number of halogens is 2. The van der Waals surface area contributed by atoms with E-state index in [4.69, 9.17) is 10.00 Å². The van der Waals surface area contributed by atoms with E-state index in [1.165, 1.54) is 5.56 Å². The lowest BCUT2D eigenvalue weighted by molar-refractivity contribution is 0.304. The SMILES string of the molecule is CC(C)NCc1cc(Br)c(OCCCCC#N)c(Br)c1. The number of rotatable bonds is 8. The first-order valence-corrected chi connectivity index (χ1v) is 8.34. The number of ether oxygens (including phenoxy) is 1. The molecule has 3 nitrogen and oxygen atoms in total. The fourth-order valence-electron chi connectivity index (χ4n) is 1.65. The van der Waals surface area contributed by atoms with Crippen molar-refractivity contribution in [3.05, 3.63) is 26.6 Å². The number of hydrogen-bond donors (Lipinski definition) is 1. The molecule has 0 amide bonds. The summed E-state index contributed by atoms with van der Waals surface area (Å²) >= 11 is 7.11. The van der Waals surface area contributed by atoms with Crippen molar-refractivity contribution < 1.29 is 4.74 Å². The largest absolute Gasteiger partial charge is 0.491 e. The van der Waals surface area contributed by atoms with E-state index >= 15 is 0 Å². The maximum absolute atomic E-state index is 8.48. The first-order valence-electron chi connectivity index (χ1n) is 6.75. The third kappa shape index (κ3) is 6.25. The molecule has 0 heterocycles. The maximum Gasteiger partial charge on any atom is 0.147 e. The van der Waals surface area contributed by atoms with Gasteiger partial charge in [0.25, 0.3) is 0 Å². The lowest BCUT2D eigenvalue weighted by atomic mass is 10.2. The molecule has 110 valence electrons. The molecule has 1 rings (SSSR count). The van der Waals surface area contributed by atoms with Crippen molar-refractivity contribution in [1.29, 1.82) is 5.26 Å². The summed E-state index contributed by atoms with van der Waals surface area (Å²) < 4.78 is 7.67. The Balaban J connectivity index is 2.58. The molecule has 0 spiro atoms. The molecule has 20 heavy (non-hydrogen) atoms. The van der Waals surface area contributed by atoms with Crippen LogP contribution in [0.4, 0.5) is 0 Å². The summed E-state index contributed by atoms with van der Waals surface area (Å²) in [4.78, 5) is 0. The standard InChI is InChI=1S/C15H20Br2N2O/c1-11(2)19-10-12-8-13(16)15(14(17)9-12)20-7-5-3-4-6-18/h8-9,11,19H,3-5,7,10H2,1-2H3. The molecule has 5 heteroatoms. The minimum absolute atomic E-state index is 0.462. The van der Waals surface area contributed by atoms with Crippen molar-refractivity contribution in [2.45, 2.75) is 45.7 Å². The van der Waals surface area contributed by atoms with Gasteiger partial charge in [-0.2, -0.15) is 5.26 Å². The first kappa shape index (κ1) is 17.5. The van der Waals surface area contributed by atoms with Crippen LogP contribution in [0.3, 0.4) is 0 Å². The zero-order valence-electron chi connectivity index (χ0n) is 11.9. The van der Waals surface area contributed by atoms with Gasteiger partial charge in [0.2, 0.25) is 0 Å². The van der Waals surface area contributed by atoms with Gasteiger partial charge in [0, 0.05) is 19.0 Å². The lowest BCUT2D eigenvalue weighted by Crippen LogP contribution is -2.21. The summed E-state index contributed by atoms with van der Waals surface area (Å²) in [6.07, 6.45) is 2.36. The van der Waals surface area contributed by atoms with Crippen molar-refractivity contribution in [3.8, 4) is 11.8 Å². The highest BCUT2D eigenvalue weighted by Crippen LogP contribution is 2.35. The van der Waals surface area contributed by atoms with Gasteiger partial charge in [-0.05, 0) is 62.4 Å². The predicted molar refractivity (Wildman–Crippen MR) is 88.8 cm³/mol. The summed E-state index contributed by atoms with van der Waals surface area (Å²) in [6, 6.07) is 6.75. The van der Waals surface area contributed by atoms with Gasteiger partial charge in [0.15, 0.2) is 0 Å². The fourth-order valence-corrected chi connectivity index (χ4v) is 3.16. The Hall–Kier alpha value is -0.570. The molecule has 0 saturated carbocycles. The minimum Gasteiger partial charge on any atom is -0.491 e. The molecule has 0 aliphatic heterocycles. The van der Waals surface area contributed by atoms with Gasteiger partial charge in [0.05, 0.1) is 21.6 Å². The highest BCUT2D eigenvalue weighted by Gasteiger charge is 2.09. The van der Waals surface area contributed by atoms with Gasteiger partial charge in [-0.1, -0.05) is 13.8 Å². The third-order valence-electron chi connectivity index (χ3n) is 2.70. The van der Waals surface area contributed by atoms with E-state index in [0.29, 0.717) is 19.1 Å². The van der Waals surface area contributed by atoms with Crippen LogP contribution in [0.5, 0.6) is 5.75 Å². The van der Waals surface area contributed by atoms with Crippen molar-refractivity contribution in [2.24, 2.45) is 0 Å². The topological polar surface area (TPSA) is 45.0 Å². The van der Waals surface area contributed by atoms with Crippen molar-refractivity contribution in [2.75, 3.05) is 6.61 Å². The maximum atomic E-state index is 8.48. The molecule has 1 aromatic rings. The van der Waals surface area contributed by atoms with Crippen LogP contribution in [0.25, 0.3) is 0 Å². The van der Waals surface area contributed by atoms with Crippen molar-refractivity contribution >= 4 is 31.9 Å². The van der Waals surface area contributed by atoms with Gasteiger partial charge in [-0.15, -0.1) is 0 Å². The molecule has 0 aromatic heterocycles. The Morgan fingerprint density at radius 3 is 2.45 bits per heavy atom. The molecule has 1 aromatic carbocycles. The lowest BCUT2D eigenvalue weighted by Gasteiger charge is -2.13. The minimum atomic E-state index is 0.462. The average molecular weight is 404 g/mol. The van der Waals surface area contributed by atoms with Crippen LogP contribution in [-0.4, -0.2) is 12.6 Å². The molecule has 1 N–H and O–H groups in total. The fraction of sp³-hybridized carbons (Fsp3) is 0.533. The van der Waals surface area contributed by atoms with Crippen molar-refractivity contribution in [3.63, 3.8) is 0 Å². The summed E-state index contributed by atoms with van der Waals surface area (Å²) in [5, 5.41) is 11.9. The van der Waals surface area contributed by atoms with Crippen molar-refractivity contribution in [1.82, 2.24) is 5.32 Å². The third-order valence-corrected chi connectivity index (χ3v) is 3.88. The highest BCUT2D eigenvalue weighted by atomic mass is 79.9. The number of nitrogens with one attached hydrogen (secondary N) is 1. The van der Waals surface area contributed by atoms with Crippen LogP contribution in [0.2, 0.25) is 0 Å². The van der Waals surface area contributed by atoms with Gasteiger partial charge in [0.1, 0.15) is 5.75 Å². The zero-order chi connectivity index (χ0) is 15.0. The van der Waals surface area contributed by atoms with Gasteiger partial charge in [-0.25, -0.2) is 0 Å². The van der Waals surface area contributed by atoms with E-state index in [2.05, 4.69) is 69.2 Å². The Morgan fingerprint density at radius 1 is 1.25 bits per heavy atom. The van der Waals surface area contributed by atoms with E-state index in [1.54, 1.807) is 0 Å². The molecule has 0 atom stereocenters. The Kier molecular flexibility index (Phi) is 8.20. The zero-order valence-corrected chi connectivity index (χ0v) is 15.1. The summed E-state index contributed by atoms with van der Waals surface area (Å²) in [5.41, 5.74) is 1.20. The highest BCUT2D eigenvalue weighted by molar-refractivity contribution is 9.11. The van der Waals surface area contributed by atoms with Crippen LogP contribution < -0.4 is 10.1 Å². The van der Waals surface area contributed by atoms with Crippen LogP contribution in [0, 0.1) is 11.3 Å². The summed E-state index contributed by atoms with van der Waals surface area (Å²) in [6.45, 7) is 5.71. The molecule has 0 fully saturated rings. The number of unbranched alkanes of at least 4 members (excludes halogenated alkanes) is 2. The monoisotopic (exact) mass is 402 g/mol. The Morgan fingerprint density at radius 2 is 1.90 bits per heavy atom. The molecule has 0 unspecified atom stereocenters. The molecule has 0 aliphatic carbocycles. The van der Waals surface area contributed by atoms with E-state index in [-0.39, 0.29) is 0 Å². The smallest absolute Gasteiger partial charge is 0.147 e. The average Bonchev–Trinajstić information content (AvgIpc) is 2.38. The second-order valence-corrected chi connectivity index (χ2v) is 6.60. The van der Waals surface area contributed by atoms with Gasteiger partial charge in [-0.3, -0.25) is 0 Å². The van der Waals surface area contributed by atoms with Crippen LogP contribution in [-0.2, 0) is 6.54 Å². The van der Waals surface area contributed by atoms with Crippen LogP contribution >= 0.6 is 31.9 Å². The quantitative estimate of drug-likeness (QED) is 0.635. The first-order chi connectivity index (χ1) is 9.54. The van der Waals surface area contributed by atoms with E-state index in [0.717, 1.165) is 34.1 Å². The number of benzene rings is 1. The molecule has 0 radical (unpaired) electrons. The Labute approximate surface area is 138 Å². The predicted octanol–water partition coefficient (Wildman–Crippen LogP) is 4.78. The summed E-state index contributed by atoms with van der Waals surface area (Å²) in [7, 11) is 0. The normalized spacial score (nSPS) is 10.6. The number of hydrogen-bond acceptors (Lipinski definition) is 3. The van der Waals surface area contributed by atoms with Gasteiger partial charge >= 0.3 is 0 Å². The molecule has 0 aliphatic rings. The van der Waals surface area contributed by atoms with E-state index in [9.17, 15) is 0 Å². The van der Waals surface area contributed by atoms with Crippen LogP contribution in [0.1, 0.15) is 38.7 Å². The van der Waals surface area contributed by atoms with E-state index < -0.39 is 0 Å². The van der Waals surface area contributed by atoms with Gasteiger partial charge < -0.3 is 10.1 Å². The Bertz CT molecular complexity index is 446. The molecular weight excluding hydrogens is 384 g/mol. The summed E-state index contributed by atoms with van der Waals surface area (Å²) in [5.74, 6) is 0.829. The second kappa shape index (κ2) is 9.38. The van der Waals surface area contributed by atoms with E-state index in [1.807, 2.05) is 0 Å². The number of nitriles is 1. The van der Waals surface area contributed by atoms with Crippen LogP contribution in [0.15, 0.2) is 21.1 Å². The molecule has 0 bridgehead atoms.